The molecule has 2 aromatic carbocycles. The molecular weight excluding hydrogens is 403 g/mol. The van der Waals surface area contributed by atoms with Gasteiger partial charge in [0.25, 0.3) is 10.1 Å². The molecular formula is C15H16Cl2N4O4S. The van der Waals surface area contributed by atoms with Crippen molar-refractivity contribution in [1.82, 2.24) is 5.48 Å². The Kier molecular flexibility index (Phi) is 8.49. The number of nitrogens with one attached hydrogen (secondary N) is 1. The van der Waals surface area contributed by atoms with E-state index in [1.165, 1.54) is 18.3 Å². The smallest absolute Gasteiger partial charge is 0.294 e. The van der Waals surface area contributed by atoms with E-state index in [2.05, 4.69) is 10.2 Å². The van der Waals surface area contributed by atoms with Gasteiger partial charge in [0.15, 0.2) is 0 Å². The van der Waals surface area contributed by atoms with Gasteiger partial charge in [-0.2, -0.15) is 13.5 Å². The zero-order chi connectivity index (χ0) is 19.7. The van der Waals surface area contributed by atoms with E-state index < -0.39 is 10.1 Å². The van der Waals surface area contributed by atoms with E-state index in [9.17, 15) is 8.42 Å². The Hall–Kier alpha value is -2.17. The zero-order valence-electron chi connectivity index (χ0n) is 13.5. The second kappa shape index (κ2) is 10.1. The predicted molar refractivity (Wildman–Crippen MR) is 102 cm³/mol. The van der Waals surface area contributed by atoms with Gasteiger partial charge in [-0.15, -0.1) is 5.10 Å². The molecule has 140 valence electrons. The summed E-state index contributed by atoms with van der Waals surface area (Å²) in [6, 6.07) is 11.0. The molecule has 26 heavy (non-hydrogen) atoms. The van der Waals surface area contributed by atoms with Crippen LogP contribution in [0.5, 0.6) is 0 Å². The van der Waals surface area contributed by atoms with Crippen molar-refractivity contribution >= 4 is 45.5 Å². The Morgan fingerprint density at radius 1 is 1.15 bits per heavy atom. The van der Waals surface area contributed by atoms with Gasteiger partial charge in [0.05, 0.1) is 21.2 Å². The molecule has 0 aromatic heterocycles. The minimum Gasteiger partial charge on any atom is -0.367 e. The molecule has 0 heterocycles. The second-order valence-corrected chi connectivity index (χ2v) is 7.04. The SMILES string of the molecule is Cc1ccc(S(=O)(=O)O)cc1.NC(=NN=Cc1ccc(Cl)c(Cl)c1)NO. The average Bonchev–Trinajstić information content (AvgIpc) is 2.58. The molecule has 0 aliphatic heterocycles. The number of nitrogens with two attached hydrogens (primary N) is 1. The molecule has 0 saturated heterocycles. The summed E-state index contributed by atoms with van der Waals surface area (Å²) < 4.78 is 29.6. The van der Waals surface area contributed by atoms with Gasteiger partial charge in [-0.25, -0.2) is 5.48 Å². The van der Waals surface area contributed by atoms with E-state index in [4.69, 9.17) is 38.7 Å². The summed E-state index contributed by atoms with van der Waals surface area (Å²) in [4.78, 5) is -0.0666. The van der Waals surface area contributed by atoms with Crippen LogP contribution in [-0.2, 0) is 10.1 Å². The maximum atomic E-state index is 10.5. The van der Waals surface area contributed by atoms with Crippen molar-refractivity contribution in [2.24, 2.45) is 15.9 Å². The number of rotatable bonds is 3. The fourth-order valence-corrected chi connectivity index (χ4v) is 2.27. The summed E-state index contributed by atoms with van der Waals surface area (Å²) in [7, 11) is -4.02. The van der Waals surface area contributed by atoms with Gasteiger partial charge < -0.3 is 5.73 Å². The van der Waals surface area contributed by atoms with Crippen LogP contribution in [0.4, 0.5) is 0 Å². The lowest BCUT2D eigenvalue weighted by molar-refractivity contribution is 0.232. The van der Waals surface area contributed by atoms with Crippen molar-refractivity contribution in [3.63, 3.8) is 0 Å². The number of guanidine groups is 1. The van der Waals surface area contributed by atoms with Crippen LogP contribution in [0.15, 0.2) is 57.6 Å². The third-order valence-corrected chi connectivity index (χ3v) is 4.36. The van der Waals surface area contributed by atoms with Crippen molar-refractivity contribution in [3.8, 4) is 0 Å². The first-order chi connectivity index (χ1) is 12.1. The maximum absolute atomic E-state index is 10.5. The van der Waals surface area contributed by atoms with E-state index in [0.717, 1.165) is 11.1 Å². The van der Waals surface area contributed by atoms with Crippen LogP contribution in [0.25, 0.3) is 0 Å². The van der Waals surface area contributed by atoms with Crippen molar-refractivity contribution in [3.05, 3.63) is 63.6 Å². The van der Waals surface area contributed by atoms with Crippen molar-refractivity contribution in [2.45, 2.75) is 11.8 Å². The highest BCUT2D eigenvalue weighted by atomic mass is 35.5. The van der Waals surface area contributed by atoms with Crippen LogP contribution >= 0.6 is 23.2 Å². The lowest BCUT2D eigenvalue weighted by atomic mass is 10.2. The molecule has 11 heteroatoms. The topological polar surface area (TPSA) is 137 Å². The third-order valence-electron chi connectivity index (χ3n) is 2.75. The van der Waals surface area contributed by atoms with Crippen LogP contribution in [-0.4, -0.2) is 30.4 Å². The summed E-state index contributed by atoms with van der Waals surface area (Å²) >= 11 is 11.5. The summed E-state index contributed by atoms with van der Waals surface area (Å²) in [5.41, 5.74) is 8.43. The Labute approximate surface area is 160 Å². The molecule has 0 spiro atoms. The summed E-state index contributed by atoms with van der Waals surface area (Å²) in [6.45, 7) is 1.84. The molecule has 0 fully saturated rings. The van der Waals surface area contributed by atoms with Gasteiger partial charge in [-0.05, 0) is 36.8 Å². The van der Waals surface area contributed by atoms with Gasteiger partial charge >= 0.3 is 0 Å². The molecule has 0 unspecified atom stereocenters. The zero-order valence-corrected chi connectivity index (χ0v) is 15.8. The van der Waals surface area contributed by atoms with Gasteiger partial charge in [-0.3, -0.25) is 9.76 Å². The third kappa shape index (κ3) is 7.81. The lowest BCUT2D eigenvalue weighted by Crippen LogP contribution is -2.27. The van der Waals surface area contributed by atoms with Gasteiger partial charge in [0, 0.05) is 0 Å². The number of aryl methyl sites for hydroxylation is 1. The highest BCUT2D eigenvalue weighted by molar-refractivity contribution is 7.85. The fourth-order valence-electron chi connectivity index (χ4n) is 1.48. The molecule has 5 N–H and O–H groups in total. The standard InChI is InChI=1S/C8H8Cl2N4O.C7H8O3S/c9-6-2-1-5(3-7(6)10)4-12-13-8(11)14-15;1-6-2-4-7(5-3-6)11(8,9)10/h1-4,15H,(H3,11,13,14);2-5H,1H3,(H,8,9,10). The first-order valence-corrected chi connectivity index (χ1v) is 9.09. The van der Waals surface area contributed by atoms with Crippen molar-refractivity contribution < 1.29 is 18.2 Å². The van der Waals surface area contributed by atoms with Crippen molar-refractivity contribution in [1.29, 1.82) is 0 Å². The average molecular weight is 419 g/mol. The number of hydrogen-bond acceptors (Lipinski definition) is 5. The Morgan fingerprint density at radius 2 is 1.77 bits per heavy atom. The van der Waals surface area contributed by atoms with E-state index in [1.54, 1.807) is 35.8 Å². The molecule has 0 amide bonds. The molecule has 8 nitrogen and oxygen atoms in total. The highest BCUT2D eigenvalue weighted by Gasteiger charge is 2.06. The Morgan fingerprint density at radius 3 is 2.27 bits per heavy atom. The summed E-state index contributed by atoms with van der Waals surface area (Å²) in [5.74, 6) is -0.202. The molecule has 2 rings (SSSR count). The number of hydroxylamine groups is 1. The number of nitrogens with zero attached hydrogens (tertiary/aromatic N) is 2. The largest absolute Gasteiger partial charge is 0.367 e. The first kappa shape index (κ1) is 21.9. The maximum Gasteiger partial charge on any atom is 0.294 e. The van der Waals surface area contributed by atoms with Crippen LogP contribution in [0, 0.1) is 6.92 Å². The second-order valence-electron chi connectivity index (χ2n) is 4.80. The normalized spacial score (nSPS) is 11.8. The van der Waals surface area contributed by atoms with Gasteiger partial charge in [0.1, 0.15) is 0 Å². The van der Waals surface area contributed by atoms with Crippen LogP contribution in [0.3, 0.4) is 0 Å². The van der Waals surface area contributed by atoms with Gasteiger partial charge in [0.2, 0.25) is 5.96 Å². The predicted octanol–water partition coefficient (Wildman–Crippen LogP) is 2.86. The number of halogens is 2. The van der Waals surface area contributed by atoms with Crippen LogP contribution < -0.4 is 11.2 Å². The van der Waals surface area contributed by atoms with Gasteiger partial charge in [-0.1, -0.05) is 47.0 Å². The first-order valence-electron chi connectivity index (χ1n) is 6.89. The Balaban J connectivity index is 0.000000273. The van der Waals surface area contributed by atoms with Crippen LogP contribution in [0.1, 0.15) is 11.1 Å². The number of benzene rings is 2. The fraction of sp³-hybridized carbons (Fsp3) is 0.0667. The molecule has 0 saturated carbocycles. The highest BCUT2D eigenvalue weighted by Crippen LogP contribution is 2.21. The molecule has 2 aromatic rings. The molecule has 0 bridgehead atoms. The molecule has 0 aliphatic rings. The summed E-state index contributed by atoms with van der Waals surface area (Å²) in [5, 5.41) is 16.2. The van der Waals surface area contributed by atoms with E-state index in [1.807, 2.05) is 6.92 Å². The van der Waals surface area contributed by atoms with E-state index >= 15 is 0 Å². The minimum absolute atomic E-state index is 0.0666. The van der Waals surface area contributed by atoms with E-state index in [-0.39, 0.29) is 10.9 Å². The van der Waals surface area contributed by atoms with E-state index in [0.29, 0.717) is 10.0 Å². The lowest BCUT2D eigenvalue weighted by Gasteiger charge is -1.96. The van der Waals surface area contributed by atoms with Crippen LogP contribution in [0.2, 0.25) is 10.0 Å². The molecule has 0 radical (unpaired) electrons. The Bertz CT molecular complexity index is 900. The molecule has 0 aliphatic carbocycles. The molecule has 0 atom stereocenters. The van der Waals surface area contributed by atoms with Crippen molar-refractivity contribution in [2.75, 3.05) is 0 Å². The number of hydrogen-bond donors (Lipinski definition) is 4. The minimum atomic E-state index is -4.02. The quantitative estimate of drug-likeness (QED) is 0.261. The monoisotopic (exact) mass is 418 g/mol. The summed E-state index contributed by atoms with van der Waals surface area (Å²) in [6.07, 6.45) is 1.42.